The molecule has 0 aliphatic rings. The summed E-state index contributed by atoms with van der Waals surface area (Å²) in [5.41, 5.74) is 0.350. The molecular formula is C17H19N3O6S. The Bertz CT molecular complexity index is 955. The molecule has 144 valence electrons. The predicted molar refractivity (Wildman–Crippen MR) is 99.3 cm³/mol. The van der Waals surface area contributed by atoms with E-state index in [9.17, 15) is 23.3 Å². The summed E-state index contributed by atoms with van der Waals surface area (Å²) in [4.78, 5) is 23.1. The number of methoxy groups -OCH3 is 1. The van der Waals surface area contributed by atoms with Crippen LogP contribution in [0.4, 0.5) is 11.4 Å². The zero-order valence-corrected chi connectivity index (χ0v) is 15.8. The maximum Gasteiger partial charge on any atom is 0.293 e. The number of nitro benzene ring substituents is 1. The Morgan fingerprint density at radius 1 is 1.19 bits per heavy atom. The molecular weight excluding hydrogens is 374 g/mol. The van der Waals surface area contributed by atoms with Gasteiger partial charge in [-0.25, -0.2) is 8.42 Å². The minimum atomic E-state index is -4.19. The average molecular weight is 393 g/mol. The van der Waals surface area contributed by atoms with Crippen LogP contribution in [0.5, 0.6) is 5.75 Å². The molecule has 2 aromatic carbocycles. The largest absolute Gasteiger partial charge is 0.497 e. The zero-order valence-electron chi connectivity index (χ0n) is 15.0. The molecule has 9 nitrogen and oxygen atoms in total. The van der Waals surface area contributed by atoms with Crippen LogP contribution in [0.15, 0.2) is 47.4 Å². The first-order valence-electron chi connectivity index (χ1n) is 7.78. The summed E-state index contributed by atoms with van der Waals surface area (Å²) >= 11 is 0. The highest BCUT2D eigenvalue weighted by Gasteiger charge is 2.26. The van der Waals surface area contributed by atoms with E-state index in [0.717, 1.165) is 12.1 Å². The fourth-order valence-corrected chi connectivity index (χ4v) is 3.44. The van der Waals surface area contributed by atoms with Gasteiger partial charge in [-0.3, -0.25) is 19.6 Å². The van der Waals surface area contributed by atoms with E-state index in [1.807, 2.05) is 0 Å². The van der Waals surface area contributed by atoms with Gasteiger partial charge in [-0.05, 0) is 29.8 Å². The molecule has 2 rings (SSSR count). The minimum absolute atomic E-state index is 0.0859. The average Bonchev–Trinajstić information content (AvgIpc) is 2.62. The standard InChI is InChI=1S/C17H19N3O6S/c1-19(2)17(21)10-12-4-6-13(7-5-12)18-27(24,25)16-9-8-14(26-3)11-15(16)20(22)23/h4-9,11,18H,10H2,1-3H3. The summed E-state index contributed by atoms with van der Waals surface area (Å²) in [6, 6.07) is 9.70. The molecule has 0 saturated heterocycles. The number of ether oxygens (including phenoxy) is 1. The second-order valence-electron chi connectivity index (χ2n) is 5.86. The van der Waals surface area contributed by atoms with Crippen molar-refractivity contribution >= 4 is 27.3 Å². The number of likely N-dealkylation sites (N-methyl/N-ethyl adjacent to an activating group) is 1. The van der Waals surface area contributed by atoms with E-state index < -0.39 is 25.5 Å². The van der Waals surface area contributed by atoms with Gasteiger partial charge in [0.15, 0.2) is 4.90 Å². The minimum Gasteiger partial charge on any atom is -0.497 e. The quantitative estimate of drug-likeness (QED) is 0.568. The molecule has 0 fully saturated rings. The molecule has 0 saturated carbocycles. The SMILES string of the molecule is COc1ccc(S(=O)(=O)Nc2ccc(CC(=O)N(C)C)cc2)c([N+](=O)[O-])c1. The highest BCUT2D eigenvalue weighted by Crippen LogP contribution is 2.29. The van der Waals surface area contributed by atoms with Gasteiger partial charge in [0.1, 0.15) is 5.75 Å². The third-order valence-corrected chi connectivity index (χ3v) is 5.14. The summed E-state index contributed by atoms with van der Waals surface area (Å²) in [5, 5.41) is 11.2. The number of carbonyl (C=O) groups excluding carboxylic acids is 1. The van der Waals surface area contributed by atoms with Gasteiger partial charge in [-0.1, -0.05) is 12.1 Å². The number of benzene rings is 2. The van der Waals surface area contributed by atoms with Crippen LogP contribution in [-0.4, -0.2) is 45.4 Å². The molecule has 10 heteroatoms. The van der Waals surface area contributed by atoms with Crippen molar-refractivity contribution in [2.45, 2.75) is 11.3 Å². The van der Waals surface area contributed by atoms with E-state index in [0.29, 0.717) is 5.56 Å². The Hall–Kier alpha value is -3.14. The van der Waals surface area contributed by atoms with Crippen molar-refractivity contribution in [1.82, 2.24) is 4.90 Å². The topological polar surface area (TPSA) is 119 Å². The summed E-state index contributed by atoms with van der Waals surface area (Å²) < 4.78 is 32.3. The fourth-order valence-electron chi connectivity index (χ4n) is 2.23. The Labute approximate surface area is 156 Å². The van der Waals surface area contributed by atoms with Gasteiger partial charge in [-0.2, -0.15) is 0 Å². The third kappa shape index (κ3) is 4.94. The molecule has 0 unspecified atom stereocenters. The summed E-state index contributed by atoms with van der Waals surface area (Å²) in [6.07, 6.45) is 0.185. The van der Waals surface area contributed by atoms with Crippen LogP contribution < -0.4 is 9.46 Å². The first-order valence-corrected chi connectivity index (χ1v) is 9.26. The van der Waals surface area contributed by atoms with E-state index in [1.54, 1.807) is 26.2 Å². The van der Waals surface area contributed by atoms with Gasteiger partial charge in [0.25, 0.3) is 15.7 Å². The van der Waals surface area contributed by atoms with Crippen molar-refractivity contribution < 1.29 is 22.9 Å². The zero-order chi connectivity index (χ0) is 20.2. The number of hydrogen-bond donors (Lipinski definition) is 1. The lowest BCUT2D eigenvalue weighted by Gasteiger charge is -2.11. The molecule has 0 aliphatic carbocycles. The Morgan fingerprint density at radius 3 is 2.33 bits per heavy atom. The molecule has 0 spiro atoms. The fraction of sp³-hybridized carbons (Fsp3) is 0.235. The number of anilines is 1. The van der Waals surface area contributed by atoms with Crippen LogP contribution in [-0.2, 0) is 21.2 Å². The molecule has 1 amide bonds. The smallest absolute Gasteiger partial charge is 0.293 e. The molecule has 0 aliphatic heterocycles. The van der Waals surface area contributed by atoms with Crippen molar-refractivity contribution in [3.8, 4) is 5.75 Å². The highest BCUT2D eigenvalue weighted by molar-refractivity contribution is 7.92. The summed E-state index contributed by atoms with van der Waals surface area (Å²) in [5.74, 6) is 0.0905. The number of hydrogen-bond acceptors (Lipinski definition) is 6. The van der Waals surface area contributed by atoms with Crippen LogP contribution in [0.25, 0.3) is 0 Å². The molecule has 2 aromatic rings. The molecule has 0 radical (unpaired) electrons. The van der Waals surface area contributed by atoms with Gasteiger partial charge >= 0.3 is 0 Å². The van der Waals surface area contributed by atoms with E-state index in [-0.39, 0.29) is 23.8 Å². The van der Waals surface area contributed by atoms with E-state index >= 15 is 0 Å². The first-order chi connectivity index (χ1) is 12.6. The van der Waals surface area contributed by atoms with Crippen molar-refractivity contribution in [3.63, 3.8) is 0 Å². The number of sulfonamides is 1. The van der Waals surface area contributed by atoms with Gasteiger partial charge in [-0.15, -0.1) is 0 Å². The normalized spacial score (nSPS) is 10.9. The van der Waals surface area contributed by atoms with Gasteiger partial charge in [0.2, 0.25) is 5.91 Å². The number of rotatable bonds is 7. The van der Waals surface area contributed by atoms with Crippen LogP contribution in [0.1, 0.15) is 5.56 Å². The van der Waals surface area contributed by atoms with Gasteiger partial charge in [0, 0.05) is 19.8 Å². The lowest BCUT2D eigenvalue weighted by molar-refractivity contribution is -0.387. The Kier molecular flexibility index (Phi) is 6.01. The molecule has 1 N–H and O–H groups in total. The first kappa shape index (κ1) is 20.2. The predicted octanol–water partition coefficient (Wildman–Crippen LogP) is 2.03. The molecule has 27 heavy (non-hydrogen) atoms. The molecule has 0 bridgehead atoms. The number of nitro groups is 1. The molecule has 0 heterocycles. The Balaban J connectivity index is 2.26. The number of nitrogens with zero attached hydrogens (tertiary/aromatic N) is 2. The van der Waals surface area contributed by atoms with Crippen molar-refractivity contribution in [3.05, 3.63) is 58.1 Å². The van der Waals surface area contributed by atoms with Crippen LogP contribution >= 0.6 is 0 Å². The summed E-state index contributed by atoms with van der Waals surface area (Å²) in [6.45, 7) is 0. The van der Waals surface area contributed by atoms with Crippen molar-refractivity contribution in [2.24, 2.45) is 0 Å². The lowest BCUT2D eigenvalue weighted by Crippen LogP contribution is -2.23. The summed E-state index contributed by atoms with van der Waals surface area (Å²) in [7, 11) is 0.433. The third-order valence-electron chi connectivity index (χ3n) is 3.71. The van der Waals surface area contributed by atoms with Crippen LogP contribution in [0, 0.1) is 10.1 Å². The second-order valence-corrected chi connectivity index (χ2v) is 7.51. The molecule has 0 atom stereocenters. The Morgan fingerprint density at radius 2 is 1.81 bits per heavy atom. The molecule has 0 aromatic heterocycles. The van der Waals surface area contributed by atoms with Crippen LogP contribution in [0.3, 0.4) is 0 Å². The maximum atomic E-state index is 12.6. The highest BCUT2D eigenvalue weighted by atomic mass is 32.2. The van der Waals surface area contributed by atoms with Gasteiger partial charge < -0.3 is 9.64 Å². The van der Waals surface area contributed by atoms with Crippen molar-refractivity contribution in [2.75, 3.05) is 25.9 Å². The number of carbonyl (C=O) groups is 1. The number of nitrogens with one attached hydrogen (secondary N) is 1. The van der Waals surface area contributed by atoms with Gasteiger partial charge in [0.05, 0.1) is 24.5 Å². The number of amides is 1. The van der Waals surface area contributed by atoms with E-state index in [4.69, 9.17) is 4.74 Å². The van der Waals surface area contributed by atoms with Crippen LogP contribution in [0.2, 0.25) is 0 Å². The van der Waals surface area contributed by atoms with E-state index in [1.165, 1.54) is 30.2 Å². The monoisotopic (exact) mass is 393 g/mol. The van der Waals surface area contributed by atoms with Crippen molar-refractivity contribution in [1.29, 1.82) is 0 Å². The maximum absolute atomic E-state index is 12.6. The lowest BCUT2D eigenvalue weighted by atomic mass is 10.1. The van der Waals surface area contributed by atoms with E-state index in [2.05, 4.69) is 4.72 Å². The second kappa shape index (κ2) is 8.04.